The second-order valence-electron chi connectivity index (χ2n) is 5.12. The van der Waals surface area contributed by atoms with Gasteiger partial charge in [0.15, 0.2) is 0 Å². The van der Waals surface area contributed by atoms with E-state index < -0.39 is 11.8 Å². The first kappa shape index (κ1) is 17.2. The molecule has 0 aliphatic carbocycles. The molecule has 1 atom stereocenters. The minimum atomic E-state index is -0.410. The minimum absolute atomic E-state index is 0.0632. The first-order valence-corrected chi connectivity index (χ1v) is 7.39. The molecule has 0 aromatic heterocycles. The van der Waals surface area contributed by atoms with Gasteiger partial charge in [-0.1, -0.05) is 6.07 Å². The summed E-state index contributed by atoms with van der Waals surface area (Å²) in [6.45, 7) is 1.07. The van der Waals surface area contributed by atoms with E-state index in [1.54, 1.807) is 6.07 Å². The van der Waals surface area contributed by atoms with Crippen molar-refractivity contribution in [3.63, 3.8) is 0 Å². The number of aliphatic hydroxyl groups is 1. The third kappa shape index (κ3) is 5.19. The number of benzene rings is 1. The largest absolute Gasteiger partial charge is 0.394 e. The number of hydrogen-bond acceptors (Lipinski definition) is 4. The van der Waals surface area contributed by atoms with E-state index in [-0.39, 0.29) is 31.6 Å². The number of carbonyl (C=O) groups excluding carboxylic acids is 2. The Morgan fingerprint density at radius 2 is 2.26 bits per heavy atom. The van der Waals surface area contributed by atoms with Gasteiger partial charge in [0, 0.05) is 25.2 Å². The third-order valence-electron chi connectivity index (χ3n) is 3.35. The monoisotopic (exact) mass is 325 g/mol. The average Bonchev–Trinajstić information content (AvgIpc) is 2.87. The van der Waals surface area contributed by atoms with Crippen molar-refractivity contribution in [2.24, 2.45) is 0 Å². The standard InChI is InChI=1S/C15H20FN3O4/c16-11-2-1-3-13(8-11)19-10-12(9-14(19)21)18-15(22)17-4-6-23-7-5-20/h1-3,8,12,20H,4-7,9-10H2,(H2,17,18,22)/t12-/m1/s1. The van der Waals surface area contributed by atoms with Gasteiger partial charge in [-0.15, -0.1) is 0 Å². The van der Waals surface area contributed by atoms with E-state index in [9.17, 15) is 14.0 Å². The fourth-order valence-electron chi connectivity index (χ4n) is 2.34. The molecule has 1 aromatic rings. The van der Waals surface area contributed by atoms with Gasteiger partial charge in [-0.05, 0) is 18.2 Å². The van der Waals surface area contributed by atoms with Gasteiger partial charge >= 0.3 is 6.03 Å². The maximum Gasteiger partial charge on any atom is 0.315 e. The van der Waals surface area contributed by atoms with Gasteiger partial charge in [-0.2, -0.15) is 0 Å². The summed E-state index contributed by atoms with van der Waals surface area (Å²) in [6, 6.07) is 5.07. The van der Waals surface area contributed by atoms with Gasteiger partial charge in [0.25, 0.3) is 0 Å². The summed E-state index contributed by atoms with van der Waals surface area (Å²) in [4.78, 5) is 25.2. The summed E-state index contributed by atoms with van der Waals surface area (Å²) in [5.74, 6) is -0.570. The van der Waals surface area contributed by atoms with Gasteiger partial charge in [0.2, 0.25) is 5.91 Å². The van der Waals surface area contributed by atoms with Gasteiger partial charge in [-0.25, -0.2) is 9.18 Å². The summed E-state index contributed by atoms with van der Waals surface area (Å²) in [7, 11) is 0. The number of carbonyl (C=O) groups is 2. The molecule has 0 spiro atoms. The molecular formula is C15H20FN3O4. The molecule has 2 rings (SSSR count). The molecule has 1 aromatic carbocycles. The molecule has 0 unspecified atom stereocenters. The van der Waals surface area contributed by atoms with Crippen LogP contribution in [-0.4, -0.2) is 56.0 Å². The van der Waals surface area contributed by atoms with Crippen molar-refractivity contribution in [2.45, 2.75) is 12.5 Å². The Bertz CT molecular complexity index is 555. The number of amides is 3. The third-order valence-corrected chi connectivity index (χ3v) is 3.35. The summed E-state index contributed by atoms with van der Waals surface area (Å²) in [5.41, 5.74) is 0.483. The van der Waals surface area contributed by atoms with Crippen LogP contribution in [0.15, 0.2) is 24.3 Å². The van der Waals surface area contributed by atoms with Crippen LogP contribution in [-0.2, 0) is 9.53 Å². The smallest absolute Gasteiger partial charge is 0.315 e. The van der Waals surface area contributed by atoms with Crippen LogP contribution in [0.25, 0.3) is 0 Å². The van der Waals surface area contributed by atoms with Crippen LogP contribution >= 0.6 is 0 Å². The van der Waals surface area contributed by atoms with Crippen molar-refractivity contribution in [1.82, 2.24) is 10.6 Å². The first-order chi connectivity index (χ1) is 11.1. The van der Waals surface area contributed by atoms with Crippen molar-refractivity contribution in [2.75, 3.05) is 37.8 Å². The SMILES string of the molecule is O=C(NCCOCCO)N[C@@H]1CC(=O)N(c2cccc(F)c2)C1. The second kappa shape index (κ2) is 8.44. The molecule has 0 radical (unpaired) electrons. The van der Waals surface area contributed by atoms with Gasteiger partial charge in [0.1, 0.15) is 5.82 Å². The van der Waals surface area contributed by atoms with Crippen LogP contribution < -0.4 is 15.5 Å². The summed E-state index contributed by atoms with van der Waals surface area (Å²) in [6.07, 6.45) is 0.172. The topological polar surface area (TPSA) is 90.9 Å². The lowest BCUT2D eigenvalue weighted by Gasteiger charge is -2.17. The molecule has 7 nitrogen and oxygen atoms in total. The van der Waals surface area contributed by atoms with E-state index in [0.29, 0.717) is 25.4 Å². The minimum Gasteiger partial charge on any atom is -0.394 e. The summed E-state index contributed by atoms with van der Waals surface area (Å²) in [5, 5.41) is 13.8. The number of hydrogen-bond donors (Lipinski definition) is 3. The van der Waals surface area contributed by atoms with E-state index in [1.165, 1.54) is 23.1 Å². The zero-order valence-corrected chi connectivity index (χ0v) is 12.6. The molecule has 0 saturated carbocycles. The Labute approximate surface area is 133 Å². The number of urea groups is 1. The van der Waals surface area contributed by atoms with Gasteiger partial charge in [-0.3, -0.25) is 4.79 Å². The van der Waals surface area contributed by atoms with E-state index in [1.807, 2.05) is 0 Å². The quantitative estimate of drug-likeness (QED) is 0.626. The van der Waals surface area contributed by atoms with E-state index >= 15 is 0 Å². The highest BCUT2D eigenvalue weighted by atomic mass is 19.1. The van der Waals surface area contributed by atoms with Crippen LogP contribution in [0.4, 0.5) is 14.9 Å². The summed E-state index contributed by atoms with van der Waals surface area (Å²) >= 11 is 0. The highest BCUT2D eigenvalue weighted by Crippen LogP contribution is 2.22. The maximum absolute atomic E-state index is 13.2. The molecule has 1 heterocycles. The molecule has 3 amide bonds. The number of nitrogens with one attached hydrogen (secondary N) is 2. The van der Waals surface area contributed by atoms with E-state index in [4.69, 9.17) is 9.84 Å². The number of nitrogens with zero attached hydrogens (tertiary/aromatic N) is 1. The zero-order chi connectivity index (χ0) is 16.7. The predicted molar refractivity (Wildman–Crippen MR) is 81.6 cm³/mol. The molecule has 1 saturated heterocycles. The lowest BCUT2D eigenvalue weighted by Crippen LogP contribution is -2.44. The fourth-order valence-corrected chi connectivity index (χ4v) is 2.34. The van der Waals surface area contributed by atoms with Crippen molar-refractivity contribution < 1.29 is 23.8 Å². The summed E-state index contributed by atoms with van der Waals surface area (Å²) < 4.78 is 18.3. The Morgan fingerprint density at radius 1 is 1.43 bits per heavy atom. The Balaban J connectivity index is 1.77. The van der Waals surface area contributed by atoms with Crippen LogP contribution in [0.5, 0.6) is 0 Å². The van der Waals surface area contributed by atoms with Crippen molar-refractivity contribution >= 4 is 17.6 Å². The van der Waals surface area contributed by atoms with Gasteiger partial charge in [0.05, 0.1) is 25.9 Å². The number of anilines is 1. The number of halogens is 1. The highest BCUT2D eigenvalue weighted by Gasteiger charge is 2.31. The van der Waals surface area contributed by atoms with E-state index in [0.717, 1.165) is 0 Å². The van der Waals surface area contributed by atoms with Gasteiger partial charge < -0.3 is 25.4 Å². The number of aliphatic hydroxyl groups excluding tert-OH is 1. The zero-order valence-electron chi connectivity index (χ0n) is 12.6. The van der Waals surface area contributed by atoms with Crippen LogP contribution in [0, 0.1) is 5.82 Å². The lowest BCUT2D eigenvalue weighted by atomic mass is 10.2. The van der Waals surface area contributed by atoms with Crippen molar-refractivity contribution in [3.8, 4) is 0 Å². The number of rotatable bonds is 7. The molecule has 1 aliphatic rings. The van der Waals surface area contributed by atoms with E-state index in [2.05, 4.69) is 10.6 Å². The molecule has 23 heavy (non-hydrogen) atoms. The normalized spacial score (nSPS) is 17.4. The Kier molecular flexibility index (Phi) is 6.30. The first-order valence-electron chi connectivity index (χ1n) is 7.39. The molecule has 0 bridgehead atoms. The molecule has 8 heteroatoms. The van der Waals surface area contributed by atoms with Crippen molar-refractivity contribution in [3.05, 3.63) is 30.1 Å². The average molecular weight is 325 g/mol. The fraction of sp³-hybridized carbons (Fsp3) is 0.467. The van der Waals surface area contributed by atoms with Crippen LogP contribution in [0.1, 0.15) is 6.42 Å². The predicted octanol–water partition coefficient (Wildman–Crippen LogP) is 0.239. The Hall–Kier alpha value is -2.19. The maximum atomic E-state index is 13.2. The molecular weight excluding hydrogens is 305 g/mol. The van der Waals surface area contributed by atoms with Crippen LogP contribution in [0.2, 0.25) is 0 Å². The molecule has 1 fully saturated rings. The highest BCUT2D eigenvalue weighted by molar-refractivity contribution is 5.96. The molecule has 126 valence electrons. The van der Waals surface area contributed by atoms with Crippen LogP contribution in [0.3, 0.4) is 0 Å². The number of ether oxygens (including phenoxy) is 1. The second-order valence-corrected chi connectivity index (χ2v) is 5.12. The molecule has 3 N–H and O–H groups in total. The lowest BCUT2D eigenvalue weighted by molar-refractivity contribution is -0.117. The Morgan fingerprint density at radius 3 is 3.00 bits per heavy atom. The van der Waals surface area contributed by atoms with Crippen molar-refractivity contribution in [1.29, 1.82) is 0 Å². The molecule has 1 aliphatic heterocycles.